The van der Waals surface area contributed by atoms with E-state index in [0.717, 1.165) is 10.3 Å². The number of nitrogens with two attached hydrogens (primary N) is 1. The van der Waals surface area contributed by atoms with E-state index in [4.69, 9.17) is 15.9 Å². The summed E-state index contributed by atoms with van der Waals surface area (Å²) in [5, 5.41) is 8.25. The highest BCUT2D eigenvalue weighted by molar-refractivity contribution is 7.89. The van der Waals surface area contributed by atoms with Crippen LogP contribution in [0.15, 0.2) is 77.7 Å². The maximum absolute atomic E-state index is 13.1. The van der Waals surface area contributed by atoms with Crippen LogP contribution >= 0.6 is 11.3 Å². The molecule has 8 nitrogen and oxygen atoms in total. The van der Waals surface area contributed by atoms with Gasteiger partial charge in [-0.25, -0.2) is 18.1 Å². The largest absolute Gasteiger partial charge is 0.427 e. The minimum absolute atomic E-state index is 0.0683. The summed E-state index contributed by atoms with van der Waals surface area (Å²) in [6.07, 6.45) is 0.295. The Morgan fingerprint density at radius 2 is 1.88 bits per heavy atom. The number of carbonyl (C=O) groups excluding carboxylic acids is 1. The van der Waals surface area contributed by atoms with Gasteiger partial charge in [-0.3, -0.25) is 10.2 Å². The number of ether oxygens (including phenoxy) is 1. The van der Waals surface area contributed by atoms with Crippen molar-refractivity contribution in [1.82, 2.24) is 9.71 Å². The molecule has 34 heavy (non-hydrogen) atoms. The van der Waals surface area contributed by atoms with Gasteiger partial charge in [-0.1, -0.05) is 36.4 Å². The second kappa shape index (κ2) is 9.72. The Labute approximate surface area is 201 Å². The van der Waals surface area contributed by atoms with Crippen molar-refractivity contribution in [2.24, 2.45) is 5.73 Å². The van der Waals surface area contributed by atoms with Gasteiger partial charge in [0.05, 0.1) is 21.2 Å². The van der Waals surface area contributed by atoms with Gasteiger partial charge >= 0.3 is 5.97 Å². The van der Waals surface area contributed by atoms with Crippen LogP contribution in [0.25, 0.3) is 10.2 Å². The van der Waals surface area contributed by atoms with Crippen molar-refractivity contribution in [1.29, 1.82) is 5.41 Å². The van der Waals surface area contributed by atoms with Crippen LogP contribution in [0.5, 0.6) is 5.75 Å². The van der Waals surface area contributed by atoms with Crippen molar-refractivity contribution < 1.29 is 17.9 Å². The summed E-state index contributed by atoms with van der Waals surface area (Å²) < 4.78 is 35.0. The van der Waals surface area contributed by atoms with E-state index in [-0.39, 0.29) is 10.7 Å². The number of nitrogen functional groups attached to an aromatic ring is 1. The van der Waals surface area contributed by atoms with Crippen LogP contribution in [0.2, 0.25) is 0 Å². The first-order valence-electron chi connectivity index (χ1n) is 10.3. The van der Waals surface area contributed by atoms with E-state index < -0.39 is 22.0 Å². The zero-order chi connectivity index (χ0) is 24.3. The predicted molar refractivity (Wildman–Crippen MR) is 132 cm³/mol. The molecule has 1 unspecified atom stereocenters. The fourth-order valence-electron chi connectivity index (χ4n) is 3.44. The summed E-state index contributed by atoms with van der Waals surface area (Å²) in [4.78, 5) is 16.1. The van der Waals surface area contributed by atoms with Crippen LogP contribution in [0.4, 0.5) is 0 Å². The lowest BCUT2D eigenvalue weighted by molar-refractivity contribution is -0.131. The molecular weight excluding hydrogens is 472 g/mol. The van der Waals surface area contributed by atoms with Crippen molar-refractivity contribution in [2.45, 2.75) is 24.3 Å². The Bertz CT molecular complexity index is 1470. The molecule has 0 bridgehead atoms. The number of hydrogen-bond donors (Lipinski definition) is 3. The molecule has 0 spiro atoms. The first-order chi connectivity index (χ1) is 16.2. The van der Waals surface area contributed by atoms with Crippen molar-refractivity contribution >= 4 is 43.4 Å². The average Bonchev–Trinajstić information content (AvgIpc) is 3.22. The number of sulfonamides is 1. The number of benzene rings is 3. The highest BCUT2D eigenvalue weighted by Crippen LogP contribution is 2.32. The minimum Gasteiger partial charge on any atom is -0.427 e. The van der Waals surface area contributed by atoms with E-state index in [1.54, 1.807) is 54.6 Å². The third-order valence-electron chi connectivity index (χ3n) is 4.96. The van der Waals surface area contributed by atoms with Gasteiger partial charge in [-0.15, -0.1) is 11.3 Å². The Balaban J connectivity index is 1.73. The zero-order valence-electron chi connectivity index (χ0n) is 18.2. The Morgan fingerprint density at radius 1 is 1.12 bits per heavy atom. The molecule has 4 N–H and O–H groups in total. The third kappa shape index (κ3) is 5.48. The van der Waals surface area contributed by atoms with Crippen molar-refractivity contribution in [3.05, 3.63) is 88.9 Å². The van der Waals surface area contributed by atoms with Gasteiger partial charge in [0.1, 0.15) is 16.6 Å². The summed E-state index contributed by atoms with van der Waals surface area (Å²) in [5.41, 5.74) is 7.64. The van der Waals surface area contributed by atoms with E-state index >= 15 is 0 Å². The van der Waals surface area contributed by atoms with E-state index in [1.807, 2.05) is 6.07 Å². The van der Waals surface area contributed by atoms with Crippen molar-refractivity contribution in [3.63, 3.8) is 0 Å². The van der Waals surface area contributed by atoms with Gasteiger partial charge in [0, 0.05) is 18.6 Å². The van der Waals surface area contributed by atoms with Crippen LogP contribution in [0.3, 0.4) is 0 Å². The summed E-state index contributed by atoms with van der Waals surface area (Å²) in [6, 6.07) is 19.6. The van der Waals surface area contributed by atoms with Gasteiger partial charge in [-0.05, 0) is 42.3 Å². The molecule has 1 aromatic heterocycles. The number of nitrogens with one attached hydrogen (secondary N) is 2. The normalized spacial score (nSPS) is 12.4. The molecule has 0 fully saturated rings. The van der Waals surface area contributed by atoms with E-state index in [0.29, 0.717) is 28.3 Å². The standard InChI is InChI=1S/C24H22N4O4S2/c1-15(29)32-18-10-11-20-22(14-18)33-24(27-20)21(13-16-6-5-7-17(12-16)23(25)26)28-34(30,31)19-8-3-2-4-9-19/h2-12,14,21,28H,13H2,1H3,(H3,25,26). The molecule has 3 aromatic carbocycles. The van der Waals surface area contributed by atoms with E-state index in [1.165, 1.54) is 30.4 Å². The summed E-state index contributed by atoms with van der Waals surface area (Å²) >= 11 is 1.32. The third-order valence-corrected chi connectivity index (χ3v) is 7.58. The Kier molecular flexibility index (Phi) is 6.73. The Hall–Kier alpha value is -3.60. The number of fused-ring (bicyclic) bond motifs is 1. The lowest BCUT2D eigenvalue weighted by atomic mass is 10.0. The number of amidine groups is 1. The van der Waals surface area contributed by atoms with Gasteiger partial charge in [0.2, 0.25) is 10.0 Å². The maximum atomic E-state index is 13.1. The van der Waals surface area contributed by atoms with Crippen LogP contribution < -0.4 is 15.2 Å². The summed E-state index contributed by atoms with van der Waals surface area (Å²) in [6.45, 7) is 1.33. The molecule has 4 rings (SSSR count). The second-order valence-electron chi connectivity index (χ2n) is 7.58. The number of nitrogens with zero attached hydrogens (tertiary/aromatic N) is 1. The lowest BCUT2D eigenvalue weighted by Crippen LogP contribution is -2.30. The van der Waals surface area contributed by atoms with Crippen LogP contribution in [-0.2, 0) is 21.2 Å². The molecule has 174 valence electrons. The molecule has 4 aromatic rings. The van der Waals surface area contributed by atoms with Crippen LogP contribution in [-0.4, -0.2) is 25.2 Å². The summed E-state index contributed by atoms with van der Waals surface area (Å²) in [5.74, 6) is -0.102. The average molecular weight is 495 g/mol. The molecule has 0 aliphatic heterocycles. The SMILES string of the molecule is CC(=O)Oc1ccc2nc(C(Cc3cccc(C(=N)N)c3)NS(=O)(=O)c3ccccc3)sc2c1. The molecule has 0 saturated carbocycles. The number of carbonyl (C=O) groups is 1. The van der Waals surface area contributed by atoms with E-state index in [9.17, 15) is 13.2 Å². The first kappa shape index (κ1) is 23.6. The maximum Gasteiger partial charge on any atom is 0.308 e. The first-order valence-corrected chi connectivity index (χ1v) is 12.6. The highest BCUT2D eigenvalue weighted by atomic mass is 32.2. The van der Waals surface area contributed by atoms with Crippen LogP contribution in [0, 0.1) is 5.41 Å². The fourth-order valence-corrected chi connectivity index (χ4v) is 5.78. The van der Waals surface area contributed by atoms with Gasteiger partial charge in [0.25, 0.3) is 0 Å². The van der Waals surface area contributed by atoms with Crippen molar-refractivity contribution in [3.8, 4) is 5.75 Å². The lowest BCUT2D eigenvalue weighted by Gasteiger charge is -2.17. The molecule has 0 radical (unpaired) electrons. The number of rotatable bonds is 8. The molecule has 0 amide bonds. The molecule has 0 aliphatic rings. The number of esters is 1. The quantitative estimate of drug-likeness (QED) is 0.148. The highest BCUT2D eigenvalue weighted by Gasteiger charge is 2.25. The van der Waals surface area contributed by atoms with Gasteiger partial charge in [-0.2, -0.15) is 0 Å². The van der Waals surface area contributed by atoms with Gasteiger partial charge in [0.15, 0.2) is 0 Å². The number of hydrogen-bond acceptors (Lipinski definition) is 7. The minimum atomic E-state index is -3.84. The summed E-state index contributed by atoms with van der Waals surface area (Å²) in [7, 11) is -3.84. The molecular formula is C24H22N4O4S2. The monoisotopic (exact) mass is 494 g/mol. The number of aromatic nitrogens is 1. The fraction of sp³-hybridized carbons (Fsp3) is 0.125. The van der Waals surface area contributed by atoms with Crippen LogP contribution in [0.1, 0.15) is 29.1 Å². The molecule has 0 saturated heterocycles. The Morgan fingerprint density at radius 3 is 2.59 bits per heavy atom. The van der Waals surface area contributed by atoms with Crippen molar-refractivity contribution in [2.75, 3.05) is 0 Å². The zero-order valence-corrected chi connectivity index (χ0v) is 19.8. The molecule has 10 heteroatoms. The van der Waals surface area contributed by atoms with Gasteiger partial charge < -0.3 is 10.5 Å². The molecule has 1 atom stereocenters. The number of thiazole rings is 1. The molecule has 1 heterocycles. The topological polar surface area (TPSA) is 135 Å². The van der Waals surface area contributed by atoms with E-state index in [2.05, 4.69) is 9.71 Å². The second-order valence-corrected chi connectivity index (χ2v) is 10.4. The molecule has 0 aliphatic carbocycles. The smallest absolute Gasteiger partial charge is 0.308 e. The predicted octanol–water partition coefficient (Wildman–Crippen LogP) is 3.77.